The minimum Gasteiger partial charge on any atom is -0.487 e. The van der Waals surface area contributed by atoms with Gasteiger partial charge in [0.05, 0.1) is 0 Å². The predicted octanol–water partition coefficient (Wildman–Crippen LogP) is 3.87. The first kappa shape index (κ1) is 16.4. The van der Waals surface area contributed by atoms with Gasteiger partial charge in [0.15, 0.2) is 0 Å². The highest BCUT2D eigenvalue weighted by Gasteiger charge is 2.17. The lowest BCUT2D eigenvalue weighted by molar-refractivity contribution is 0.298. The molecule has 2 N–H and O–H groups in total. The van der Waals surface area contributed by atoms with Crippen LogP contribution in [0.1, 0.15) is 5.56 Å². The molecule has 4 nitrogen and oxygen atoms in total. The van der Waals surface area contributed by atoms with Crippen molar-refractivity contribution in [3.05, 3.63) is 57.0 Å². The molecule has 0 fully saturated rings. The number of rotatable bonds is 4. The molecule has 0 amide bonds. The van der Waals surface area contributed by atoms with E-state index in [-0.39, 0.29) is 22.3 Å². The van der Waals surface area contributed by atoms with Crippen LogP contribution in [0.3, 0.4) is 0 Å². The zero-order valence-electron chi connectivity index (χ0n) is 10.5. The Kier molecular flexibility index (Phi) is 5.01. The van der Waals surface area contributed by atoms with Gasteiger partial charge in [-0.05, 0) is 30.3 Å². The maximum Gasteiger partial charge on any atom is 0.241 e. The maximum absolute atomic E-state index is 11.5. The Balaban J connectivity index is 2.33. The van der Waals surface area contributed by atoms with Crippen LogP contribution < -0.4 is 9.88 Å². The van der Waals surface area contributed by atoms with E-state index >= 15 is 0 Å². The summed E-state index contributed by atoms with van der Waals surface area (Å²) in [7, 11) is -3.96. The van der Waals surface area contributed by atoms with Gasteiger partial charge in [-0.1, -0.05) is 40.9 Å². The summed E-state index contributed by atoms with van der Waals surface area (Å²) in [6, 6.07) is 9.17. The van der Waals surface area contributed by atoms with E-state index in [1.165, 1.54) is 18.2 Å². The summed E-state index contributed by atoms with van der Waals surface area (Å²) in [6.07, 6.45) is 0. The average molecular weight is 367 g/mol. The van der Waals surface area contributed by atoms with Crippen LogP contribution in [0.2, 0.25) is 15.1 Å². The van der Waals surface area contributed by atoms with Crippen molar-refractivity contribution >= 4 is 44.8 Å². The molecule has 0 atom stereocenters. The normalized spacial score (nSPS) is 11.4. The summed E-state index contributed by atoms with van der Waals surface area (Å²) < 4.78 is 28.6. The number of primary sulfonamides is 1. The lowest BCUT2D eigenvalue weighted by Crippen LogP contribution is -2.14. The molecule has 0 aliphatic heterocycles. The molecule has 8 heteroatoms. The Morgan fingerprint density at radius 1 is 1.05 bits per heavy atom. The topological polar surface area (TPSA) is 69.4 Å². The summed E-state index contributed by atoms with van der Waals surface area (Å²) in [5.41, 5.74) is 0.552. The van der Waals surface area contributed by atoms with E-state index in [1.54, 1.807) is 18.2 Å². The van der Waals surface area contributed by atoms with Crippen molar-refractivity contribution in [3.8, 4) is 5.75 Å². The van der Waals surface area contributed by atoms with E-state index in [0.717, 1.165) is 0 Å². The first-order valence-electron chi connectivity index (χ1n) is 5.67. The van der Waals surface area contributed by atoms with Crippen molar-refractivity contribution in [1.29, 1.82) is 0 Å². The standard InChI is InChI=1S/C13H10Cl3NO3S/c14-8-4-5-12(13(6-8)21(17,18)19)20-7-9-10(15)2-1-3-11(9)16/h1-6H,7H2,(H2,17,18,19). The minimum absolute atomic E-state index is 0.00264. The zero-order chi connectivity index (χ0) is 15.6. The average Bonchev–Trinajstić information content (AvgIpc) is 2.38. The molecule has 2 rings (SSSR count). The number of hydrogen-bond donors (Lipinski definition) is 1. The van der Waals surface area contributed by atoms with Gasteiger partial charge in [0.1, 0.15) is 17.3 Å². The van der Waals surface area contributed by atoms with E-state index in [1.807, 2.05) is 0 Å². The van der Waals surface area contributed by atoms with Gasteiger partial charge < -0.3 is 4.74 Å². The number of halogens is 3. The van der Waals surface area contributed by atoms with Gasteiger partial charge in [-0.15, -0.1) is 0 Å². The Bertz CT molecular complexity index is 758. The van der Waals surface area contributed by atoms with Gasteiger partial charge in [0.25, 0.3) is 0 Å². The highest BCUT2D eigenvalue weighted by Crippen LogP contribution is 2.30. The molecule has 2 aromatic carbocycles. The molecule has 0 unspecified atom stereocenters. The molecule has 0 spiro atoms. The molecule has 0 aromatic heterocycles. The first-order valence-corrected chi connectivity index (χ1v) is 8.35. The summed E-state index contributed by atoms with van der Waals surface area (Å²) in [6.45, 7) is 0.00264. The van der Waals surface area contributed by atoms with Crippen molar-refractivity contribution in [2.75, 3.05) is 0 Å². The molecule has 0 aliphatic rings. The summed E-state index contributed by atoms with van der Waals surface area (Å²) in [5.74, 6) is 0.0814. The maximum atomic E-state index is 11.5. The number of nitrogens with two attached hydrogens (primary N) is 1. The SMILES string of the molecule is NS(=O)(=O)c1cc(Cl)ccc1OCc1c(Cl)cccc1Cl. The number of sulfonamides is 1. The van der Waals surface area contributed by atoms with Crippen molar-refractivity contribution in [1.82, 2.24) is 0 Å². The Morgan fingerprint density at radius 3 is 2.24 bits per heavy atom. The third kappa shape index (κ3) is 4.02. The lowest BCUT2D eigenvalue weighted by atomic mass is 10.2. The summed E-state index contributed by atoms with van der Waals surface area (Å²) in [5, 5.41) is 6.22. The van der Waals surface area contributed by atoms with Gasteiger partial charge in [-0.2, -0.15) is 0 Å². The predicted molar refractivity (Wildman–Crippen MR) is 83.6 cm³/mol. The third-order valence-electron chi connectivity index (χ3n) is 2.65. The monoisotopic (exact) mass is 365 g/mol. The van der Waals surface area contributed by atoms with Crippen LogP contribution >= 0.6 is 34.8 Å². The molecule has 112 valence electrons. The largest absolute Gasteiger partial charge is 0.487 e. The summed E-state index contributed by atoms with van der Waals surface area (Å²) >= 11 is 17.8. The van der Waals surface area contributed by atoms with Gasteiger partial charge in [0, 0.05) is 20.6 Å². The van der Waals surface area contributed by atoms with Gasteiger partial charge >= 0.3 is 0 Å². The van der Waals surface area contributed by atoms with Gasteiger partial charge in [-0.3, -0.25) is 0 Å². The van der Waals surface area contributed by atoms with Crippen LogP contribution in [-0.2, 0) is 16.6 Å². The van der Waals surface area contributed by atoms with Crippen LogP contribution in [-0.4, -0.2) is 8.42 Å². The summed E-state index contributed by atoms with van der Waals surface area (Å²) in [4.78, 5) is -0.196. The van der Waals surface area contributed by atoms with Crippen LogP contribution in [0.15, 0.2) is 41.3 Å². The fourth-order valence-corrected chi connectivity index (χ4v) is 3.09. The highest BCUT2D eigenvalue weighted by molar-refractivity contribution is 7.89. The fourth-order valence-electron chi connectivity index (χ4n) is 1.64. The van der Waals surface area contributed by atoms with Crippen molar-refractivity contribution < 1.29 is 13.2 Å². The number of ether oxygens (including phenoxy) is 1. The molecule has 0 bridgehead atoms. The van der Waals surface area contributed by atoms with Gasteiger partial charge in [-0.25, -0.2) is 13.6 Å². The molecular weight excluding hydrogens is 357 g/mol. The molecule has 0 saturated heterocycles. The second-order valence-electron chi connectivity index (χ2n) is 4.12. The first-order chi connectivity index (χ1) is 9.79. The smallest absolute Gasteiger partial charge is 0.241 e. The Morgan fingerprint density at radius 2 is 1.67 bits per heavy atom. The third-order valence-corrected chi connectivity index (χ3v) is 4.52. The fraction of sp³-hybridized carbons (Fsp3) is 0.0769. The quantitative estimate of drug-likeness (QED) is 0.893. The minimum atomic E-state index is -3.96. The van der Waals surface area contributed by atoms with Crippen LogP contribution in [0.4, 0.5) is 0 Å². The van der Waals surface area contributed by atoms with Crippen molar-refractivity contribution in [3.63, 3.8) is 0 Å². The van der Waals surface area contributed by atoms with E-state index in [2.05, 4.69) is 0 Å². The van der Waals surface area contributed by atoms with Crippen LogP contribution in [0.5, 0.6) is 5.75 Å². The van der Waals surface area contributed by atoms with Crippen molar-refractivity contribution in [2.45, 2.75) is 11.5 Å². The Hall–Kier alpha value is -0.980. The Labute approximate surface area is 137 Å². The lowest BCUT2D eigenvalue weighted by Gasteiger charge is -2.12. The molecule has 0 radical (unpaired) electrons. The van der Waals surface area contributed by atoms with Crippen LogP contribution in [0, 0.1) is 0 Å². The second kappa shape index (κ2) is 6.42. The van der Waals surface area contributed by atoms with E-state index in [4.69, 9.17) is 44.7 Å². The molecule has 2 aromatic rings. The molecular formula is C13H10Cl3NO3S. The van der Waals surface area contributed by atoms with Crippen molar-refractivity contribution in [2.24, 2.45) is 5.14 Å². The van der Waals surface area contributed by atoms with Gasteiger partial charge in [0.2, 0.25) is 10.0 Å². The van der Waals surface area contributed by atoms with E-state index in [9.17, 15) is 8.42 Å². The zero-order valence-corrected chi connectivity index (χ0v) is 13.6. The molecule has 0 heterocycles. The molecule has 21 heavy (non-hydrogen) atoms. The van der Waals surface area contributed by atoms with E-state index in [0.29, 0.717) is 15.6 Å². The molecule has 0 aliphatic carbocycles. The number of benzene rings is 2. The van der Waals surface area contributed by atoms with Crippen LogP contribution in [0.25, 0.3) is 0 Å². The highest BCUT2D eigenvalue weighted by atomic mass is 35.5. The second-order valence-corrected chi connectivity index (χ2v) is 6.91. The number of hydrogen-bond acceptors (Lipinski definition) is 3. The van der Waals surface area contributed by atoms with E-state index < -0.39 is 10.0 Å². The molecule has 0 saturated carbocycles.